The summed E-state index contributed by atoms with van der Waals surface area (Å²) in [5.41, 5.74) is 1.41. The summed E-state index contributed by atoms with van der Waals surface area (Å²) < 4.78 is 0. The average molecular weight is 333 g/mol. The molecule has 2 aliphatic heterocycles. The van der Waals surface area contributed by atoms with Crippen LogP contribution in [0, 0.1) is 11.8 Å². The molecular weight excluding hydrogens is 300 g/mol. The smallest absolute Gasteiger partial charge is 0.0366 e. The van der Waals surface area contributed by atoms with Crippen LogP contribution in [0.1, 0.15) is 39.0 Å². The van der Waals surface area contributed by atoms with Gasteiger partial charge < -0.3 is 9.80 Å². The van der Waals surface area contributed by atoms with E-state index in [1.54, 1.807) is 0 Å². The standard InChI is InChI=1S/C20H32N2S/c1-3-17-8-12-21(13-9-17)16-18-10-14-22(15-11-18)19-4-6-20(23-2)7-5-19/h4-7,17-18H,3,8-16H2,1-2H3. The first kappa shape index (κ1) is 17.2. The molecule has 0 bridgehead atoms. The van der Waals surface area contributed by atoms with Crippen LogP contribution in [0.5, 0.6) is 0 Å². The van der Waals surface area contributed by atoms with Crippen molar-refractivity contribution < 1.29 is 0 Å². The quantitative estimate of drug-likeness (QED) is 0.719. The molecule has 2 heterocycles. The molecule has 0 radical (unpaired) electrons. The van der Waals surface area contributed by atoms with Crippen LogP contribution in [0.2, 0.25) is 0 Å². The molecule has 3 heteroatoms. The number of thioether (sulfide) groups is 1. The van der Waals surface area contributed by atoms with Crippen LogP contribution in [0.15, 0.2) is 29.2 Å². The fourth-order valence-electron chi connectivity index (χ4n) is 4.11. The van der Waals surface area contributed by atoms with E-state index in [1.165, 1.54) is 75.4 Å². The number of benzene rings is 1. The minimum absolute atomic E-state index is 0.912. The Morgan fingerprint density at radius 3 is 2.09 bits per heavy atom. The van der Waals surface area contributed by atoms with Gasteiger partial charge in [0, 0.05) is 30.2 Å². The molecule has 0 N–H and O–H groups in total. The van der Waals surface area contributed by atoms with E-state index in [1.807, 2.05) is 11.8 Å². The third-order valence-corrected chi connectivity index (χ3v) is 6.60. The first-order valence-corrected chi connectivity index (χ1v) is 10.6. The van der Waals surface area contributed by atoms with Gasteiger partial charge >= 0.3 is 0 Å². The van der Waals surface area contributed by atoms with Crippen LogP contribution in [-0.2, 0) is 0 Å². The normalized spacial score (nSPS) is 21.7. The molecule has 2 aliphatic rings. The second kappa shape index (κ2) is 8.43. The van der Waals surface area contributed by atoms with Gasteiger partial charge in [-0.3, -0.25) is 0 Å². The fourth-order valence-corrected chi connectivity index (χ4v) is 4.52. The Hall–Kier alpha value is -0.670. The predicted molar refractivity (Wildman–Crippen MR) is 103 cm³/mol. The topological polar surface area (TPSA) is 6.48 Å². The predicted octanol–water partition coefficient (Wildman–Crippen LogP) is 4.75. The lowest BCUT2D eigenvalue weighted by molar-refractivity contribution is 0.149. The van der Waals surface area contributed by atoms with Crippen LogP contribution in [0.4, 0.5) is 5.69 Å². The SMILES string of the molecule is CCC1CCN(CC2CCN(c3ccc(SC)cc3)CC2)CC1. The molecule has 1 aromatic carbocycles. The minimum atomic E-state index is 0.912. The fraction of sp³-hybridized carbons (Fsp3) is 0.700. The van der Waals surface area contributed by atoms with Gasteiger partial charge in [-0.15, -0.1) is 11.8 Å². The van der Waals surface area contributed by atoms with Gasteiger partial charge in [0.05, 0.1) is 0 Å². The molecule has 0 unspecified atom stereocenters. The first-order chi connectivity index (χ1) is 11.3. The number of nitrogens with zero attached hydrogens (tertiary/aromatic N) is 2. The molecule has 0 amide bonds. The Morgan fingerprint density at radius 1 is 0.913 bits per heavy atom. The second-order valence-corrected chi connectivity index (χ2v) is 8.16. The van der Waals surface area contributed by atoms with E-state index < -0.39 is 0 Å². The third kappa shape index (κ3) is 4.67. The van der Waals surface area contributed by atoms with Crippen molar-refractivity contribution in [3.05, 3.63) is 24.3 Å². The highest BCUT2D eigenvalue weighted by Gasteiger charge is 2.24. The van der Waals surface area contributed by atoms with Gasteiger partial charge in [-0.05, 0) is 81.1 Å². The zero-order valence-corrected chi connectivity index (χ0v) is 15.7. The molecule has 128 valence electrons. The van der Waals surface area contributed by atoms with Crippen molar-refractivity contribution in [1.82, 2.24) is 4.90 Å². The van der Waals surface area contributed by atoms with Crippen LogP contribution in [0.25, 0.3) is 0 Å². The van der Waals surface area contributed by atoms with E-state index in [0.29, 0.717) is 0 Å². The summed E-state index contributed by atoms with van der Waals surface area (Å²) in [5, 5.41) is 0. The van der Waals surface area contributed by atoms with Crippen molar-refractivity contribution in [3.8, 4) is 0 Å². The van der Waals surface area contributed by atoms with Crippen molar-refractivity contribution in [2.75, 3.05) is 43.9 Å². The van der Waals surface area contributed by atoms with Gasteiger partial charge in [-0.25, -0.2) is 0 Å². The Bertz CT molecular complexity index is 457. The number of rotatable bonds is 5. The Labute approximate surface area is 146 Å². The molecular formula is C20H32N2S. The summed E-state index contributed by atoms with van der Waals surface area (Å²) >= 11 is 1.82. The molecule has 0 atom stereocenters. The lowest BCUT2D eigenvalue weighted by Crippen LogP contribution is -2.41. The van der Waals surface area contributed by atoms with Crippen LogP contribution in [0.3, 0.4) is 0 Å². The van der Waals surface area contributed by atoms with Crippen molar-refractivity contribution in [2.24, 2.45) is 11.8 Å². The Balaban J connectivity index is 1.43. The van der Waals surface area contributed by atoms with Crippen LogP contribution >= 0.6 is 11.8 Å². The summed E-state index contributed by atoms with van der Waals surface area (Å²) in [7, 11) is 0. The van der Waals surface area contributed by atoms with E-state index in [9.17, 15) is 0 Å². The number of piperidine rings is 2. The van der Waals surface area contributed by atoms with Crippen molar-refractivity contribution in [2.45, 2.75) is 43.9 Å². The Kier molecular flexibility index (Phi) is 6.29. The molecule has 2 saturated heterocycles. The third-order valence-electron chi connectivity index (χ3n) is 5.85. The Morgan fingerprint density at radius 2 is 1.52 bits per heavy atom. The van der Waals surface area contributed by atoms with Crippen LogP contribution in [-0.4, -0.2) is 43.9 Å². The van der Waals surface area contributed by atoms with Gasteiger partial charge in [-0.2, -0.15) is 0 Å². The average Bonchev–Trinajstić information content (AvgIpc) is 2.63. The largest absolute Gasteiger partial charge is 0.372 e. The molecule has 3 rings (SSSR count). The maximum atomic E-state index is 2.74. The first-order valence-electron chi connectivity index (χ1n) is 9.40. The number of likely N-dealkylation sites (tertiary alicyclic amines) is 1. The highest BCUT2D eigenvalue weighted by Crippen LogP contribution is 2.27. The number of anilines is 1. The second-order valence-electron chi connectivity index (χ2n) is 7.28. The van der Waals surface area contributed by atoms with Gasteiger partial charge in [-0.1, -0.05) is 13.3 Å². The summed E-state index contributed by atoms with van der Waals surface area (Å²) in [6, 6.07) is 9.09. The summed E-state index contributed by atoms with van der Waals surface area (Å²) in [6.07, 6.45) is 9.09. The monoisotopic (exact) mass is 332 g/mol. The highest BCUT2D eigenvalue weighted by molar-refractivity contribution is 7.98. The van der Waals surface area contributed by atoms with Crippen molar-refractivity contribution in [3.63, 3.8) is 0 Å². The molecule has 0 saturated carbocycles. The molecule has 2 fully saturated rings. The summed E-state index contributed by atoms with van der Waals surface area (Å²) in [6.45, 7) is 8.84. The van der Waals surface area contributed by atoms with Crippen molar-refractivity contribution >= 4 is 17.4 Å². The van der Waals surface area contributed by atoms with Gasteiger partial charge in [0.1, 0.15) is 0 Å². The van der Waals surface area contributed by atoms with E-state index in [0.717, 1.165) is 11.8 Å². The minimum Gasteiger partial charge on any atom is -0.372 e. The van der Waals surface area contributed by atoms with Crippen LogP contribution < -0.4 is 4.90 Å². The summed E-state index contributed by atoms with van der Waals surface area (Å²) in [5.74, 6) is 1.91. The summed E-state index contributed by atoms with van der Waals surface area (Å²) in [4.78, 5) is 6.67. The van der Waals surface area contributed by atoms with Gasteiger partial charge in [0.15, 0.2) is 0 Å². The van der Waals surface area contributed by atoms with E-state index >= 15 is 0 Å². The molecule has 1 aromatic rings. The molecule has 0 spiro atoms. The number of hydrogen-bond acceptors (Lipinski definition) is 3. The maximum Gasteiger partial charge on any atom is 0.0366 e. The zero-order chi connectivity index (χ0) is 16.1. The lowest BCUT2D eigenvalue weighted by Gasteiger charge is -2.38. The van der Waals surface area contributed by atoms with Crippen molar-refractivity contribution in [1.29, 1.82) is 0 Å². The zero-order valence-electron chi connectivity index (χ0n) is 14.8. The lowest BCUT2D eigenvalue weighted by atomic mass is 9.91. The van der Waals surface area contributed by atoms with E-state index in [4.69, 9.17) is 0 Å². The van der Waals surface area contributed by atoms with E-state index in [-0.39, 0.29) is 0 Å². The number of hydrogen-bond donors (Lipinski definition) is 0. The van der Waals surface area contributed by atoms with Gasteiger partial charge in [0.25, 0.3) is 0 Å². The molecule has 0 aliphatic carbocycles. The van der Waals surface area contributed by atoms with Gasteiger partial charge in [0.2, 0.25) is 0 Å². The molecule has 2 nitrogen and oxygen atoms in total. The highest BCUT2D eigenvalue weighted by atomic mass is 32.2. The molecule has 23 heavy (non-hydrogen) atoms. The molecule has 0 aromatic heterocycles. The maximum absolute atomic E-state index is 2.74. The van der Waals surface area contributed by atoms with E-state index in [2.05, 4.69) is 47.2 Å².